The van der Waals surface area contributed by atoms with Crippen LogP contribution in [-0.4, -0.2) is 9.55 Å². The average molecular weight is 531 g/mol. The standard InChI is InChI=1S/C37H26N2S/c1-23-18-28(19-24(2)36(23)26-11-4-3-5-12-26)39-34-15-9-8-14-33(34)38-37(39)32-22-40-35-21-30-27(20-31(32)35)17-16-25-10-6-7-13-29(25)30/h3-22H,1-2H3. The van der Waals surface area contributed by atoms with Crippen molar-refractivity contribution in [1.82, 2.24) is 9.55 Å². The molecular formula is C37H26N2S. The van der Waals surface area contributed by atoms with E-state index in [9.17, 15) is 0 Å². The van der Waals surface area contributed by atoms with Gasteiger partial charge in [-0.3, -0.25) is 4.57 Å². The van der Waals surface area contributed by atoms with Gasteiger partial charge in [0.25, 0.3) is 0 Å². The topological polar surface area (TPSA) is 17.8 Å². The highest BCUT2D eigenvalue weighted by Crippen LogP contribution is 2.40. The van der Waals surface area contributed by atoms with Gasteiger partial charge < -0.3 is 0 Å². The molecule has 0 spiro atoms. The smallest absolute Gasteiger partial charge is 0.147 e. The van der Waals surface area contributed by atoms with Gasteiger partial charge in [-0.05, 0) is 94.0 Å². The number of para-hydroxylation sites is 2. The molecule has 0 bridgehead atoms. The highest BCUT2D eigenvalue weighted by Gasteiger charge is 2.19. The molecule has 0 unspecified atom stereocenters. The van der Waals surface area contributed by atoms with Crippen molar-refractivity contribution in [2.75, 3.05) is 0 Å². The maximum Gasteiger partial charge on any atom is 0.147 e. The molecule has 8 aromatic rings. The molecule has 0 saturated carbocycles. The number of hydrogen-bond acceptors (Lipinski definition) is 2. The predicted molar refractivity (Wildman–Crippen MR) is 172 cm³/mol. The van der Waals surface area contributed by atoms with Crippen LogP contribution in [0.4, 0.5) is 0 Å². The highest BCUT2D eigenvalue weighted by atomic mass is 32.1. The van der Waals surface area contributed by atoms with Gasteiger partial charge in [0.1, 0.15) is 5.82 Å². The van der Waals surface area contributed by atoms with E-state index in [-0.39, 0.29) is 0 Å². The van der Waals surface area contributed by atoms with E-state index < -0.39 is 0 Å². The van der Waals surface area contributed by atoms with Crippen LogP contribution in [0.2, 0.25) is 0 Å². The molecule has 2 heterocycles. The average Bonchev–Trinajstić information content (AvgIpc) is 3.57. The summed E-state index contributed by atoms with van der Waals surface area (Å²) in [4.78, 5) is 5.22. The van der Waals surface area contributed by atoms with Crippen molar-refractivity contribution >= 4 is 54.0 Å². The van der Waals surface area contributed by atoms with Gasteiger partial charge in [-0.15, -0.1) is 11.3 Å². The van der Waals surface area contributed by atoms with Crippen LogP contribution in [0.1, 0.15) is 11.1 Å². The summed E-state index contributed by atoms with van der Waals surface area (Å²) >= 11 is 1.80. The molecule has 0 fully saturated rings. The first-order valence-electron chi connectivity index (χ1n) is 13.6. The molecule has 2 aromatic heterocycles. The Morgan fingerprint density at radius 3 is 2.20 bits per heavy atom. The predicted octanol–water partition coefficient (Wildman–Crippen LogP) is 10.5. The van der Waals surface area contributed by atoms with Crippen molar-refractivity contribution in [1.29, 1.82) is 0 Å². The SMILES string of the molecule is Cc1cc(-n2c(-c3csc4cc5c(ccc6ccccc65)cc34)nc3ccccc32)cc(C)c1-c1ccccc1. The van der Waals surface area contributed by atoms with Crippen molar-refractivity contribution in [2.24, 2.45) is 0 Å². The zero-order valence-electron chi connectivity index (χ0n) is 22.3. The summed E-state index contributed by atoms with van der Waals surface area (Å²) in [6.45, 7) is 4.43. The van der Waals surface area contributed by atoms with E-state index in [0.717, 1.165) is 22.5 Å². The maximum absolute atomic E-state index is 5.22. The van der Waals surface area contributed by atoms with E-state index in [1.54, 1.807) is 11.3 Å². The lowest BCUT2D eigenvalue weighted by atomic mass is 9.95. The third kappa shape index (κ3) is 3.52. The van der Waals surface area contributed by atoms with Gasteiger partial charge >= 0.3 is 0 Å². The van der Waals surface area contributed by atoms with Crippen molar-refractivity contribution in [3.8, 4) is 28.2 Å². The Balaban J connectivity index is 1.37. The lowest BCUT2D eigenvalue weighted by Crippen LogP contribution is -2.00. The zero-order chi connectivity index (χ0) is 26.8. The van der Waals surface area contributed by atoms with E-state index in [2.05, 4.69) is 139 Å². The fraction of sp³-hybridized carbons (Fsp3) is 0.0541. The normalized spacial score (nSPS) is 11.8. The van der Waals surface area contributed by atoms with Gasteiger partial charge in [0.05, 0.1) is 11.0 Å². The molecule has 0 amide bonds. The Hall–Kier alpha value is -4.73. The molecule has 3 heteroatoms. The van der Waals surface area contributed by atoms with Crippen molar-refractivity contribution in [2.45, 2.75) is 13.8 Å². The summed E-state index contributed by atoms with van der Waals surface area (Å²) in [5.41, 5.74) is 9.52. The van der Waals surface area contributed by atoms with Crippen LogP contribution in [-0.2, 0) is 0 Å². The van der Waals surface area contributed by atoms with Crippen LogP contribution < -0.4 is 0 Å². The summed E-state index contributed by atoms with van der Waals surface area (Å²) in [7, 11) is 0. The minimum absolute atomic E-state index is 0.985. The summed E-state index contributed by atoms with van der Waals surface area (Å²) in [5, 5.41) is 8.66. The fourth-order valence-electron chi connectivity index (χ4n) is 6.30. The molecule has 0 aliphatic heterocycles. The molecule has 2 nitrogen and oxygen atoms in total. The summed E-state index contributed by atoms with van der Waals surface area (Å²) in [6, 6.07) is 41.6. The van der Waals surface area contributed by atoms with Crippen molar-refractivity contribution in [3.63, 3.8) is 0 Å². The molecule has 190 valence electrons. The van der Waals surface area contributed by atoms with E-state index in [1.165, 1.54) is 59.4 Å². The van der Waals surface area contributed by atoms with E-state index in [1.807, 2.05) is 0 Å². The number of hydrogen-bond donors (Lipinski definition) is 0. The quantitative estimate of drug-likeness (QED) is 0.208. The Morgan fingerprint density at radius 2 is 1.35 bits per heavy atom. The van der Waals surface area contributed by atoms with Crippen LogP contribution in [0.15, 0.2) is 121 Å². The maximum atomic E-state index is 5.22. The number of rotatable bonds is 3. The largest absolute Gasteiger partial charge is 0.292 e. The minimum atomic E-state index is 0.985. The number of fused-ring (bicyclic) bond motifs is 5. The van der Waals surface area contributed by atoms with Crippen molar-refractivity contribution in [3.05, 3.63) is 132 Å². The number of imidazole rings is 1. The Bertz CT molecular complexity index is 2210. The third-order valence-electron chi connectivity index (χ3n) is 8.08. The minimum Gasteiger partial charge on any atom is -0.292 e. The molecule has 0 aliphatic rings. The van der Waals surface area contributed by atoms with Crippen LogP contribution in [0.5, 0.6) is 0 Å². The third-order valence-corrected chi connectivity index (χ3v) is 9.02. The molecule has 0 radical (unpaired) electrons. The lowest BCUT2D eigenvalue weighted by Gasteiger charge is -2.16. The van der Waals surface area contributed by atoms with Crippen LogP contribution in [0.3, 0.4) is 0 Å². The van der Waals surface area contributed by atoms with Gasteiger partial charge in [-0.25, -0.2) is 4.98 Å². The molecular weight excluding hydrogens is 504 g/mol. The second-order valence-electron chi connectivity index (χ2n) is 10.6. The first-order chi connectivity index (χ1) is 19.7. The molecule has 8 rings (SSSR count). The van der Waals surface area contributed by atoms with Gasteiger partial charge in [0, 0.05) is 26.7 Å². The van der Waals surface area contributed by atoms with Crippen LogP contribution in [0, 0.1) is 13.8 Å². The number of nitrogens with zero attached hydrogens (tertiary/aromatic N) is 2. The second kappa shape index (κ2) is 8.90. The Labute approximate surface area is 236 Å². The molecule has 0 aliphatic carbocycles. The molecule has 0 N–H and O–H groups in total. The van der Waals surface area contributed by atoms with E-state index in [0.29, 0.717) is 0 Å². The number of thiophene rings is 1. The van der Waals surface area contributed by atoms with Gasteiger partial charge in [-0.2, -0.15) is 0 Å². The van der Waals surface area contributed by atoms with Crippen LogP contribution >= 0.6 is 11.3 Å². The molecule has 0 saturated heterocycles. The van der Waals surface area contributed by atoms with E-state index >= 15 is 0 Å². The summed E-state index contributed by atoms with van der Waals surface area (Å²) < 4.78 is 3.63. The molecule has 0 atom stereocenters. The Morgan fingerprint density at radius 1 is 0.625 bits per heavy atom. The molecule has 6 aromatic carbocycles. The summed E-state index contributed by atoms with van der Waals surface area (Å²) in [6.07, 6.45) is 0. The van der Waals surface area contributed by atoms with E-state index in [4.69, 9.17) is 4.98 Å². The van der Waals surface area contributed by atoms with Crippen LogP contribution in [0.25, 0.3) is 70.9 Å². The fourth-order valence-corrected chi connectivity index (χ4v) is 7.26. The lowest BCUT2D eigenvalue weighted by molar-refractivity contribution is 1.10. The van der Waals surface area contributed by atoms with Crippen molar-refractivity contribution < 1.29 is 0 Å². The van der Waals surface area contributed by atoms with Gasteiger partial charge in [-0.1, -0.05) is 78.9 Å². The number of aromatic nitrogens is 2. The highest BCUT2D eigenvalue weighted by molar-refractivity contribution is 7.17. The monoisotopic (exact) mass is 530 g/mol. The van der Waals surface area contributed by atoms with Gasteiger partial charge in [0.15, 0.2) is 0 Å². The first-order valence-corrected chi connectivity index (χ1v) is 14.5. The number of aryl methyl sites for hydroxylation is 2. The van der Waals surface area contributed by atoms with Gasteiger partial charge in [0.2, 0.25) is 0 Å². The zero-order valence-corrected chi connectivity index (χ0v) is 23.2. The first kappa shape index (κ1) is 23.2. The summed E-state index contributed by atoms with van der Waals surface area (Å²) in [5.74, 6) is 0.985. The number of benzene rings is 6. The Kier molecular flexibility index (Phi) is 5.16. The molecule has 40 heavy (non-hydrogen) atoms. The second-order valence-corrected chi connectivity index (χ2v) is 11.5.